The summed E-state index contributed by atoms with van der Waals surface area (Å²) >= 11 is 0. The Labute approximate surface area is 310 Å². The van der Waals surface area contributed by atoms with Crippen molar-refractivity contribution in [2.45, 2.75) is 0 Å². The number of hydrogen-bond donors (Lipinski definition) is 0. The van der Waals surface area contributed by atoms with Crippen LogP contribution in [0.5, 0.6) is 0 Å². The van der Waals surface area contributed by atoms with Crippen molar-refractivity contribution in [3.05, 3.63) is 182 Å². The summed E-state index contributed by atoms with van der Waals surface area (Å²) in [5.74, 6) is 0.906. The zero-order valence-electron chi connectivity index (χ0n) is 29.1. The molecule has 0 aliphatic heterocycles. The highest BCUT2D eigenvalue weighted by molar-refractivity contribution is 6.15. The quantitative estimate of drug-likeness (QED) is 0.185. The highest BCUT2D eigenvalue weighted by Gasteiger charge is 2.24. The van der Waals surface area contributed by atoms with E-state index in [0.29, 0.717) is 0 Å². The molecule has 4 nitrogen and oxygen atoms in total. The predicted octanol–water partition coefficient (Wildman–Crippen LogP) is 12.8. The minimum absolute atomic E-state index is 0.906. The SMILES string of the molecule is c1ccc(-c2cccc(-n3c4ccccc4c4cc(-c5ccc6c(c5)c5ccccc5n6-c5ccc6c(n5)-c5cncc7cccc-6c57)ccc43)c2)cc1. The molecule has 0 radical (unpaired) electrons. The number of aromatic nitrogens is 4. The van der Waals surface area contributed by atoms with E-state index in [-0.39, 0.29) is 0 Å². The second kappa shape index (κ2) is 11.1. The Balaban J connectivity index is 1.01. The highest BCUT2D eigenvalue weighted by atomic mass is 15.1. The summed E-state index contributed by atoms with van der Waals surface area (Å²) in [4.78, 5) is 9.92. The Morgan fingerprint density at radius 2 is 1.00 bits per heavy atom. The first-order valence-electron chi connectivity index (χ1n) is 18.4. The summed E-state index contributed by atoms with van der Waals surface area (Å²) < 4.78 is 4.71. The predicted molar refractivity (Wildman–Crippen MR) is 224 cm³/mol. The van der Waals surface area contributed by atoms with Crippen LogP contribution in [0.4, 0.5) is 0 Å². The summed E-state index contributed by atoms with van der Waals surface area (Å²) in [6.07, 6.45) is 3.91. The van der Waals surface area contributed by atoms with Crippen LogP contribution in [0.25, 0.3) is 111 Å². The standard InChI is InChI=1S/C50H30N4/c1-2-10-31(11-3-1)32-12-8-14-36(26-32)53-44-18-6-4-15-37(44)41-27-33(20-23-46(41)53)34-21-24-47-42(28-34)38-16-5-7-19-45(38)54(47)48-25-22-40-39-17-9-13-35-29-51-30-43(49(35)39)50(40)52-48/h1-30H. The van der Waals surface area contributed by atoms with Crippen LogP contribution < -0.4 is 0 Å². The number of rotatable bonds is 4. The van der Waals surface area contributed by atoms with Gasteiger partial charge in [-0.05, 0) is 88.5 Å². The molecule has 0 N–H and O–H groups in total. The second-order valence-corrected chi connectivity index (χ2v) is 14.2. The van der Waals surface area contributed by atoms with E-state index in [1.165, 1.54) is 65.8 Å². The van der Waals surface area contributed by atoms with Crippen molar-refractivity contribution >= 4 is 54.4 Å². The van der Waals surface area contributed by atoms with E-state index in [2.05, 4.69) is 184 Å². The van der Waals surface area contributed by atoms with E-state index in [9.17, 15) is 0 Å². The van der Waals surface area contributed by atoms with Crippen LogP contribution in [0, 0.1) is 0 Å². The zero-order chi connectivity index (χ0) is 35.3. The van der Waals surface area contributed by atoms with Crippen molar-refractivity contribution in [3.8, 4) is 56.1 Å². The molecular formula is C50H30N4. The molecule has 0 bridgehead atoms. The number of hydrogen-bond acceptors (Lipinski definition) is 2. The van der Waals surface area contributed by atoms with Crippen molar-refractivity contribution in [2.24, 2.45) is 0 Å². The van der Waals surface area contributed by atoms with Gasteiger partial charge in [0, 0.05) is 61.5 Å². The zero-order valence-corrected chi connectivity index (χ0v) is 29.1. The van der Waals surface area contributed by atoms with Crippen molar-refractivity contribution in [2.75, 3.05) is 0 Å². The minimum atomic E-state index is 0.906. The average Bonchev–Trinajstić information content (AvgIpc) is 3.87. The number of nitrogens with zero attached hydrogens (tertiary/aromatic N) is 4. The molecule has 11 aromatic rings. The van der Waals surface area contributed by atoms with E-state index >= 15 is 0 Å². The van der Waals surface area contributed by atoms with Crippen LogP contribution in [-0.4, -0.2) is 19.1 Å². The maximum Gasteiger partial charge on any atom is 0.138 e. The lowest BCUT2D eigenvalue weighted by Gasteiger charge is -2.11. The maximum atomic E-state index is 5.35. The van der Waals surface area contributed by atoms with E-state index in [1.807, 2.05) is 12.4 Å². The Morgan fingerprint density at radius 3 is 1.78 bits per heavy atom. The van der Waals surface area contributed by atoms with Crippen LogP contribution in [0.1, 0.15) is 0 Å². The molecule has 0 saturated heterocycles. The number of benzene rings is 7. The van der Waals surface area contributed by atoms with Crippen LogP contribution in [0.3, 0.4) is 0 Å². The Hall–Kier alpha value is -7.30. The van der Waals surface area contributed by atoms with Gasteiger partial charge in [0.2, 0.25) is 0 Å². The van der Waals surface area contributed by atoms with Crippen molar-refractivity contribution in [3.63, 3.8) is 0 Å². The largest absolute Gasteiger partial charge is 0.309 e. The second-order valence-electron chi connectivity index (χ2n) is 14.2. The van der Waals surface area contributed by atoms with Crippen molar-refractivity contribution < 1.29 is 0 Å². The topological polar surface area (TPSA) is 35.6 Å². The van der Waals surface area contributed by atoms with Crippen LogP contribution in [-0.2, 0) is 0 Å². The molecule has 0 atom stereocenters. The molecule has 7 aromatic carbocycles. The molecule has 0 saturated carbocycles. The first-order valence-corrected chi connectivity index (χ1v) is 18.4. The number of para-hydroxylation sites is 2. The van der Waals surface area contributed by atoms with E-state index in [1.54, 1.807) is 0 Å². The van der Waals surface area contributed by atoms with Gasteiger partial charge in [-0.3, -0.25) is 9.55 Å². The molecule has 1 aliphatic carbocycles. The third-order valence-electron chi connectivity index (χ3n) is 11.3. The summed E-state index contributed by atoms with van der Waals surface area (Å²) in [6, 6.07) is 61.5. The molecule has 0 unspecified atom stereocenters. The van der Waals surface area contributed by atoms with Gasteiger partial charge in [0.15, 0.2) is 0 Å². The Kier molecular flexibility index (Phi) is 6.02. The monoisotopic (exact) mass is 686 g/mol. The lowest BCUT2D eigenvalue weighted by atomic mass is 10.0. The third kappa shape index (κ3) is 4.13. The van der Waals surface area contributed by atoms with Gasteiger partial charge in [0.05, 0.1) is 27.8 Å². The summed E-state index contributed by atoms with van der Waals surface area (Å²) in [5.41, 5.74) is 15.1. The van der Waals surface area contributed by atoms with Gasteiger partial charge in [-0.25, -0.2) is 4.98 Å². The van der Waals surface area contributed by atoms with Gasteiger partial charge < -0.3 is 4.57 Å². The van der Waals surface area contributed by atoms with Crippen LogP contribution in [0.15, 0.2) is 182 Å². The normalized spacial score (nSPS) is 12.1. The minimum Gasteiger partial charge on any atom is -0.309 e. The maximum absolute atomic E-state index is 5.35. The molecule has 12 rings (SSSR count). The van der Waals surface area contributed by atoms with E-state index in [0.717, 1.165) is 44.7 Å². The smallest absolute Gasteiger partial charge is 0.138 e. The molecule has 4 heteroatoms. The van der Waals surface area contributed by atoms with Crippen LogP contribution in [0.2, 0.25) is 0 Å². The molecule has 54 heavy (non-hydrogen) atoms. The summed E-state index contributed by atoms with van der Waals surface area (Å²) in [5, 5.41) is 7.28. The lowest BCUT2D eigenvalue weighted by molar-refractivity contribution is 1.09. The fourth-order valence-corrected chi connectivity index (χ4v) is 8.92. The number of pyridine rings is 2. The van der Waals surface area contributed by atoms with Crippen LogP contribution >= 0.6 is 0 Å². The lowest BCUT2D eigenvalue weighted by Crippen LogP contribution is -1.98. The van der Waals surface area contributed by atoms with Gasteiger partial charge in [-0.15, -0.1) is 0 Å². The Morgan fingerprint density at radius 1 is 0.370 bits per heavy atom. The highest BCUT2D eigenvalue weighted by Crippen LogP contribution is 2.46. The van der Waals surface area contributed by atoms with Gasteiger partial charge >= 0.3 is 0 Å². The summed E-state index contributed by atoms with van der Waals surface area (Å²) in [6.45, 7) is 0. The van der Waals surface area contributed by atoms with Crippen molar-refractivity contribution in [1.82, 2.24) is 19.1 Å². The van der Waals surface area contributed by atoms with E-state index in [4.69, 9.17) is 4.98 Å². The molecule has 4 aromatic heterocycles. The molecule has 250 valence electrons. The molecule has 1 aliphatic rings. The van der Waals surface area contributed by atoms with Crippen molar-refractivity contribution in [1.29, 1.82) is 0 Å². The van der Waals surface area contributed by atoms with Gasteiger partial charge in [0.1, 0.15) is 5.82 Å². The molecule has 0 fully saturated rings. The first-order chi connectivity index (χ1) is 26.8. The molecular weight excluding hydrogens is 657 g/mol. The fraction of sp³-hybridized carbons (Fsp3) is 0. The average molecular weight is 687 g/mol. The first kappa shape index (κ1) is 29.3. The fourth-order valence-electron chi connectivity index (χ4n) is 8.92. The van der Waals surface area contributed by atoms with E-state index < -0.39 is 0 Å². The Bertz CT molecular complexity index is 3330. The van der Waals surface area contributed by atoms with Gasteiger partial charge in [-0.2, -0.15) is 0 Å². The van der Waals surface area contributed by atoms with Gasteiger partial charge in [0.25, 0.3) is 0 Å². The molecule has 4 heterocycles. The van der Waals surface area contributed by atoms with Gasteiger partial charge in [-0.1, -0.05) is 109 Å². The molecule has 0 spiro atoms. The number of fused-ring (bicyclic) bond motifs is 9. The third-order valence-corrected chi connectivity index (χ3v) is 11.3. The molecule has 0 amide bonds. The summed E-state index contributed by atoms with van der Waals surface area (Å²) in [7, 11) is 0.